The number of hydrogen-bond donors (Lipinski definition) is 3. The minimum absolute atomic E-state index is 0.132. The van der Waals surface area contributed by atoms with E-state index in [0.29, 0.717) is 23.6 Å². The van der Waals surface area contributed by atoms with Gasteiger partial charge in [0.1, 0.15) is 5.75 Å². The van der Waals surface area contributed by atoms with Crippen molar-refractivity contribution in [3.63, 3.8) is 0 Å². The van der Waals surface area contributed by atoms with Crippen molar-refractivity contribution in [2.75, 3.05) is 25.4 Å². The van der Waals surface area contributed by atoms with E-state index in [4.69, 9.17) is 10.5 Å². The maximum absolute atomic E-state index is 12.2. The van der Waals surface area contributed by atoms with Crippen LogP contribution in [0.1, 0.15) is 17.3 Å². The van der Waals surface area contributed by atoms with Gasteiger partial charge < -0.3 is 25.6 Å². The molecule has 1 saturated heterocycles. The highest BCUT2D eigenvalue weighted by molar-refractivity contribution is 5.95. The number of carbonyl (C=O) groups is 1. The number of aliphatic hydroxyl groups excluding tert-OH is 2. The molecule has 1 aliphatic rings. The SMILES string of the molecule is CCOc1ccc(C(=O)N2CC(O)C(O)C2)cc1N. The molecule has 0 bridgehead atoms. The lowest BCUT2D eigenvalue weighted by molar-refractivity contribution is 0.0572. The number of nitrogens with zero attached hydrogens (tertiary/aromatic N) is 1. The number of rotatable bonds is 3. The van der Waals surface area contributed by atoms with Gasteiger partial charge in [0.25, 0.3) is 5.91 Å². The van der Waals surface area contributed by atoms with E-state index in [2.05, 4.69) is 0 Å². The molecule has 1 aromatic carbocycles. The normalized spacial score (nSPS) is 22.6. The molecule has 2 unspecified atom stereocenters. The number of benzene rings is 1. The van der Waals surface area contributed by atoms with Crippen molar-refractivity contribution in [3.05, 3.63) is 23.8 Å². The smallest absolute Gasteiger partial charge is 0.254 e. The van der Waals surface area contributed by atoms with Crippen molar-refractivity contribution in [2.45, 2.75) is 19.1 Å². The van der Waals surface area contributed by atoms with Gasteiger partial charge in [-0.15, -0.1) is 0 Å². The molecule has 0 radical (unpaired) electrons. The topological polar surface area (TPSA) is 96.0 Å². The fourth-order valence-corrected chi connectivity index (χ4v) is 2.09. The molecule has 19 heavy (non-hydrogen) atoms. The molecule has 2 atom stereocenters. The number of hydrogen-bond acceptors (Lipinski definition) is 5. The van der Waals surface area contributed by atoms with Crippen molar-refractivity contribution in [1.29, 1.82) is 0 Å². The standard InChI is InChI=1S/C13H18N2O4/c1-2-19-12-4-3-8(5-9(12)14)13(18)15-6-10(16)11(17)7-15/h3-5,10-11,16-17H,2,6-7,14H2,1H3. The lowest BCUT2D eigenvalue weighted by Crippen LogP contribution is -2.29. The zero-order valence-electron chi connectivity index (χ0n) is 10.7. The molecule has 0 aliphatic carbocycles. The molecule has 0 saturated carbocycles. The predicted molar refractivity (Wildman–Crippen MR) is 69.9 cm³/mol. The van der Waals surface area contributed by atoms with Gasteiger partial charge in [0.05, 0.1) is 24.5 Å². The van der Waals surface area contributed by atoms with Crippen LogP contribution in [0.3, 0.4) is 0 Å². The molecule has 0 spiro atoms. The quantitative estimate of drug-likeness (QED) is 0.661. The van der Waals surface area contributed by atoms with Crippen molar-refractivity contribution in [3.8, 4) is 5.75 Å². The number of aliphatic hydroxyl groups is 2. The Kier molecular flexibility index (Phi) is 3.92. The van der Waals surface area contributed by atoms with Crippen molar-refractivity contribution < 1.29 is 19.7 Å². The summed E-state index contributed by atoms with van der Waals surface area (Å²) in [5.41, 5.74) is 6.62. The van der Waals surface area contributed by atoms with Crippen LogP contribution in [0.2, 0.25) is 0 Å². The summed E-state index contributed by atoms with van der Waals surface area (Å²) in [7, 11) is 0. The van der Waals surface area contributed by atoms with Gasteiger partial charge in [-0.25, -0.2) is 0 Å². The first-order valence-electron chi connectivity index (χ1n) is 6.20. The van der Waals surface area contributed by atoms with E-state index in [1.165, 1.54) is 4.90 Å². The molecule has 6 nitrogen and oxygen atoms in total. The molecule has 0 aromatic heterocycles. The second kappa shape index (κ2) is 5.46. The lowest BCUT2D eigenvalue weighted by atomic mass is 10.1. The van der Waals surface area contributed by atoms with Gasteiger partial charge in [-0.05, 0) is 25.1 Å². The number of carbonyl (C=O) groups excluding carboxylic acids is 1. The van der Waals surface area contributed by atoms with Gasteiger partial charge in [0.15, 0.2) is 0 Å². The average molecular weight is 266 g/mol. The van der Waals surface area contributed by atoms with E-state index in [0.717, 1.165) is 0 Å². The monoisotopic (exact) mass is 266 g/mol. The Labute approximate surface area is 111 Å². The second-order valence-electron chi connectivity index (χ2n) is 4.53. The van der Waals surface area contributed by atoms with E-state index < -0.39 is 12.2 Å². The van der Waals surface area contributed by atoms with E-state index in [1.807, 2.05) is 6.92 Å². The summed E-state index contributed by atoms with van der Waals surface area (Å²) in [6.07, 6.45) is -1.77. The summed E-state index contributed by atoms with van der Waals surface area (Å²) in [6.45, 7) is 2.62. The fraction of sp³-hybridized carbons (Fsp3) is 0.462. The van der Waals surface area contributed by atoms with Crippen LogP contribution in [0, 0.1) is 0 Å². The summed E-state index contributed by atoms with van der Waals surface area (Å²) < 4.78 is 5.30. The second-order valence-corrected chi connectivity index (χ2v) is 4.53. The third-order valence-corrected chi connectivity index (χ3v) is 3.10. The van der Waals surface area contributed by atoms with Gasteiger partial charge in [-0.1, -0.05) is 0 Å². The Bertz CT molecular complexity index is 468. The molecule has 1 aromatic rings. The van der Waals surface area contributed by atoms with E-state index in [-0.39, 0.29) is 19.0 Å². The van der Waals surface area contributed by atoms with Gasteiger partial charge in [0, 0.05) is 18.7 Å². The molecular formula is C13H18N2O4. The molecule has 1 aliphatic heterocycles. The maximum Gasteiger partial charge on any atom is 0.254 e. The minimum Gasteiger partial charge on any atom is -0.492 e. The van der Waals surface area contributed by atoms with Crippen LogP contribution in [-0.4, -0.2) is 52.9 Å². The first-order valence-corrected chi connectivity index (χ1v) is 6.20. The fourth-order valence-electron chi connectivity index (χ4n) is 2.09. The lowest BCUT2D eigenvalue weighted by Gasteiger charge is -2.16. The third kappa shape index (κ3) is 2.80. The highest BCUT2D eigenvalue weighted by Crippen LogP contribution is 2.24. The molecule has 104 valence electrons. The van der Waals surface area contributed by atoms with E-state index in [1.54, 1.807) is 18.2 Å². The first kappa shape index (κ1) is 13.6. The summed E-state index contributed by atoms with van der Waals surface area (Å²) >= 11 is 0. The Morgan fingerprint density at radius 3 is 2.58 bits per heavy atom. The van der Waals surface area contributed by atoms with E-state index in [9.17, 15) is 15.0 Å². The maximum atomic E-state index is 12.2. The van der Waals surface area contributed by atoms with Crippen LogP contribution >= 0.6 is 0 Å². The Morgan fingerprint density at radius 2 is 2.05 bits per heavy atom. The molecule has 2 rings (SSSR count). The molecular weight excluding hydrogens is 248 g/mol. The Balaban J connectivity index is 2.14. The Morgan fingerprint density at radius 1 is 1.42 bits per heavy atom. The average Bonchev–Trinajstić information content (AvgIpc) is 2.71. The van der Waals surface area contributed by atoms with E-state index >= 15 is 0 Å². The van der Waals surface area contributed by atoms with Crippen LogP contribution in [0.4, 0.5) is 5.69 Å². The Hall–Kier alpha value is -1.79. The molecule has 1 heterocycles. The molecule has 1 fully saturated rings. The van der Waals surface area contributed by atoms with Crippen LogP contribution in [0.25, 0.3) is 0 Å². The number of nitrogen functional groups attached to an aromatic ring is 1. The largest absolute Gasteiger partial charge is 0.492 e. The van der Waals surface area contributed by atoms with Crippen molar-refractivity contribution in [1.82, 2.24) is 4.90 Å². The number of β-amino-alcohol motifs (C(OH)–C–C–N with tert-alkyl or cyclic N) is 2. The van der Waals surface area contributed by atoms with Crippen LogP contribution in [0.15, 0.2) is 18.2 Å². The number of likely N-dealkylation sites (tertiary alicyclic amines) is 1. The molecule has 1 amide bonds. The zero-order chi connectivity index (χ0) is 14.0. The summed E-state index contributed by atoms with van der Waals surface area (Å²) in [5, 5.41) is 18.9. The van der Waals surface area contributed by atoms with Crippen molar-refractivity contribution >= 4 is 11.6 Å². The third-order valence-electron chi connectivity index (χ3n) is 3.10. The highest BCUT2D eigenvalue weighted by Gasteiger charge is 2.33. The number of ether oxygens (including phenoxy) is 1. The predicted octanol–water partition coefficient (Wildman–Crippen LogP) is -0.155. The molecule has 4 N–H and O–H groups in total. The van der Waals surface area contributed by atoms with Crippen molar-refractivity contribution in [2.24, 2.45) is 0 Å². The van der Waals surface area contributed by atoms with Gasteiger partial charge >= 0.3 is 0 Å². The summed E-state index contributed by atoms with van der Waals surface area (Å²) in [5.74, 6) is 0.283. The van der Waals surface area contributed by atoms with Crippen LogP contribution < -0.4 is 10.5 Å². The van der Waals surface area contributed by atoms with Gasteiger partial charge in [-0.3, -0.25) is 4.79 Å². The van der Waals surface area contributed by atoms with Gasteiger partial charge in [-0.2, -0.15) is 0 Å². The highest BCUT2D eigenvalue weighted by atomic mass is 16.5. The molecule has 6 heteroatoms. The summed E-state index contributed by atoms with van der Waals surface area (Å²) in [6, 6.07) is 4.82. The number of anilines is 1. The number of amides is 1. The van der Waals surface area contributed by atoms with Crippen LogP contribution in [0.5, 0.6) is 5.75 Å². The van der Waals surface area contributed by atoms with Crippen LogP contribution in [-0.2, 0) is 0 Å². The summed E-state index contributed by atoms with van der Waals surface area (Å²) in [4.78, 5) is 13.6. The zero-order valence-corrected chi connectivity index (χ0v) is 10.7. The van der Waals surface area contributed by atoms with Gasteiger partial charge in [0.2, 0.25) is 0 Å². The first-order chi connectivity index (χ1) is 9.02. The minimum atomic E-state index is -0.885. The number of nitrogens with two attached hydrogens (primary N) is 1.